The van der Waals surface area contributed by atoms with Gasteiger partial charge in [0, 0.05) is 30.4 Å². The molecule has 0 bridgehead atoms. The van der Waals surface area contributed by atoms with E-state index in [-0.39, 0.29) is 11.8 Å². The molecule has 178 valence electrons. The molecule has 4 rings (SSSR count). The molecule has 0 radical (unpaired) electrons. The number of anilines is 4. The van der Waals surface area contributed by atoms with Gasteiger partial charge in [-0.15, -0.1) is 0 Å². The fourth-order valence-corrected chi connectivity index (χ4v) is 4.43. The number of hydrogen-bond donors (Lipinski definition) is 4. The summed E-state index contributed by atoms with van der Waals surface area (Å²) in [6.07, 6.45) is 11.3. The lowest BCUT2D eigenvalue weighted by Crippen LogP contribution is -2.40. The Balaban J connectivity index is 1.54. The molecule has 2 aromatic rings. The minimum absolute atomic E-state index is 0.191. The van der Waals surface area contributed by atoms with Crippen molar-refractivity contribution in [2.75, 3.05) is 36.1 Å². The molecule has 0 amide bonds. The molecule has 2 heterocycles. The molecule has 3 unspecified atom stereocenters. The number of aromatic nitrogens is 3. The summed E-state index contributed by atoms with van der Waals surface area (Å²) in [6, 6.07) is 5.28. The summed E-state index contributed by atoms with van der Waals surface area (Å²) in [4.78, 5) is 13.7. The van der Waals surface area contributed by atoms with Gasteiger partial charge in [0.05, 0.1) is 7.11 Å². The molecule has 1 aliphatic carbocycles. The van der Waals surface area contributed by atoms with Gasteiger partial charge in [0.25, 0.3) is 0 Å². The predicted molar refractivity (Wildman–Crippen MR) is 130 cm³/mol. The molecule has 0 spiro atoms. The van der Waals surface area contributed by atoms with E-state index in [1.807, 2.05) is 0 Å². The molecular formula is C24H34FN7O. The number of hydrogen-bond acceptors (Lipinski definition) is 8. The van der Waals surface area contributed by atoms with E-state index in [0.717, 1.165) is 38.8 Å². The van der Waals surface area contributed by atoms with Crippen molar-refractivity contribution in [3.8, 4) is 5.75 Å². The topological polar surface area (TPSA) is 96.0 Å². The largest absolute Gasteiger partial charge is 0.494 e. The van der Waals surface area contributed by atoms with Crippen molar-refractivity contribution >= 4 is 23.5 Å². The Morgan fingerprint density at radius 1 is 1.15 bits per heavy atom. The first-order valence-corrected chi connectivity index (χ1v) is 11.9. The van der Waals surface area contributed by atoms with Crippen LogP contribution in [-0.2, 0) is 0 Å². The van der Waals surface area contributed by atoms with Crippen LogP contribution in [0, 0.1) is 11.7 Å². The van der Waals surface area contributed by atoms with E-state index in [0.29, 0.717) is 35.5 Å². The quantitative estimate of drug-likeness (QED) is 0.390. The third-order valence-electron chi connectivity index (χ3n) is 6.26. The van der Waals surface area contributed by atoms with Crippen molar-refractivity contribution in [3.63, 3.8) is 0 Å². The Bertz CT molecular complexity index is 948. The number of allylic oxidation sites excluding steroid dienone is 1. The lowest BCUT2D eigenvalue weighted by Gasteiger charge is -2.24. The van der Waals surface area contributed by atoms with Gasteiger partial charge in [-0.2, -0.15) is 15.0 Å². The van der Waals surface area contributed by atoms with Crippen LogP contribution in [0.15, 0.2) is 30.4 Å². The highest BCUT2D eigenvalue weighted by molar-refractivity contribution is 5.57. The summed E-state index contributed by atoms with van der Waals surface area (Å²) >= 11 is 0. The van der Waals surface area contributed by atoms with Gasteiger partial charge in [0.1, 0.15) is 0 Å². The van der Waals surface area contributed by atoms with Gasteiger partial charge in [-0.1, -0.05) is 19.1 Å². The molecule has 1 aromatic heterocycles. The fraction of sp³-hybridized carbons (Fsp3) is 0.542. The average Bonchev–Trinajstić information content (AvgIpc) is 3.37. The van der Waals surface area contributed by atoms with Crippen molar-refractivity contribution in [3.05, 3.63) is 36.2 Å². The molecule has 33 heavy (non-hydrogen) atoms. The summed E-state index contributed by atoms with van der Waals surface area (Å²) in [7, 11) is 1.44. The second-order valence-corrected chi connectivity index (χ2v) is 8.64. The first-order valence-electron chi connectivity index (χ1n) is 11.9. The van der Waals surface area contributed by atoms with Gasteiger partial charge in [-0.25, -0.2) is 4.39 Å². The number of ether oxygens (including phenoxy) is 1. The van der Waals surface area contributed by atoms with Gasteiger partial charge in [-0.05, 0) is 63.1 Å². The summed E-state index contributed by atoms with van der Waals surface area (Å²) in [5.41, 5.74) is 0.538. The van der Waals surface area contributed by atoms with Gasteiger partial charge >= 0.3 is 0 Å². The van der Waals surface area contributed by atoms with E-state index in [2.05, 4.69) is 55.3 Å². The predicted octanol–water partition coefficient (Wildman–Crippen LogP) is 4.47. The maximum Gasteiger partial charge on any atom is 0.233 e. The van der Waals surface area contributed by atoms with E-state index >= 15 is 0 Å². The molecule has 2 aliphatic rings. The summed E-state index contributed by atoms with van der Waals surface area (Å²) in [5, 5.41) is 13.5. The molecule has 0 saturated carbocycles. The summed E-state index contributed by atoms with van der Waals surface area (Å²) in [6.45, 7) is 3.96. The first-order chi connectivity index (χ1) is 16.1. The maximum atomic E-state index is 14.2. The molecule has 8 nitrogen and oxygen atoms in total. The van der Waals surface area contributed by atoms with Crippen LogP contribution >= 0.6 is 0 Å². The fourth-order valence-electron chi connectivity index (χ4n) is 4.43. The summed E-state index contributed by atoms with van der Waals surface area (Å²) < 4.78 is 19.2. The van der Waals surface area contributed by atoms with Gasteiger partial charge in [-0.3, -0.25) is 0 Å². The third kappa shape index (κ3) is 6.31. The number of nitrogens with zero attached hydrogens (tertiary/aromatic N) is 3. The van der Waals surface area contributed by atoms with Crippen LogP contribution in [0.1, 0.15) is 45.4 Å². The SMILES string of the molecule is CCC(Nc1nc(NCC2C=CCCC2)nc(Nc2ccc(OC)c(F)c2)n1)C1CCCN1. The van der Waals surface area contributed by atoms with Crippen LogP contribution < -0.4 is 26.0 Å². The molecule has 3 atom stereocenters. The van der Waals surface area contributed by atoms with E-state index < -0.39 is 5.82 Å². The van der Waals surface area contributed by atoms with Crippen molar-refractivity contribution < 1.29 is 9.13 Å². The molecule has 1 saturated heterocycles. The Kier molecular flexibility index (Phi) is 7.93. The van der Waals surface area contributed by atoms with Crippen molar-refractivity contribution in [1.29, 1.82) is 0 Å². The van der Waals surface area contributed by atoms with E-state index in [4.69, 9.17) is 4.74 Å². The standard InChI is InChI=1S/C24H34FN7O/c1-3-19(20-10-7-13-26-20)29-24-31-22(27-15-16-8-5-4-6-9-16)30-23(32-24)28-17-11-12-21(33-2)18(25)14-17/h5,8,11-12,14,16,19-20,26H,3-4,6-7,9-10,13,15H2,1-2H3,(H3,27,28,29,30,31,32). The smallest absolute Gasteiger partial charge is 0.233 e. The molecular weight excluding hydrogens is 421 g/mol. The Labute approximate surface area is 194 Å². The zero-order chi connectivity index (χ0) is 23.0. The molecule has 1 aliphatic heterocycles. The average molecular weight is 456 g/mol. The van der Waals surface area contributed by atoms with Crippen LogP contribution in [0.2, 0.25) is 0 Å². The van der Waals surface area contributed by atoms with E-state index in [1.165, 1.54) is 26.0 Å². The third-order valence-corrected chi connectivity index (χ3v) is 6.26. The van der Waals surface area contributed by atoms with Crippen molar-refractivity contribution in [1.82, 2.24) is 20.3 Å². The number of benzene rings is 1. The van der Waals surface area contributed by atoms with Crippen LogP contribution in [0.3, 0.4) is 0 Å². The van der Waals surface area contributed by atoms with Crippen LogP contribution in [-0.4, -0.2) is 47.2 Å². The van der Waals surface area contributed by atoms with Gasteiger partial charge in [0.15, 0.2) is 11.6 Å². The molecule has 1 aromatic carbocycles. The van der Waals surface area contributed by atoms with Crippen LogP contribution in [0.4, 0.5) is 27.9 Å². The summed E-state index contributed by atoms with van der Waals surface area (Å²) in [5.74, 6) is 1.56. The van der Waals surface area contributed by atoms with E-state index in [1.54, 1.807) is 12.1 Å². The first kappa shape index (κ1) is 23.2. The maximum absolute atomic E-state index is 14.2. The Hall–Kier alpha value is -2.94. The highest BCUT2D eigenvalue weighted by Crippen LogP contribution is 2.24. The lowest BCUT2D eigenvalue weighted by molar-refractivity contribution is 0.386. The highest BCUT2D eigenvalue weighted by atomic mass is 19.1. The van der Waals surface area contributed by atoms with Gasteiger partial charge in [0.2, 0.25) is 17.8 Å². The number of nitrogens with one attached hydrogen (secondary N) is 4. The number of halogens is 1. The molecule has 9 heteroatoms. The minimum atomic E-state index is -0.448. The Morgan fingerprint density at radius 2 is 2.00 bits per heavy atom. The number of methoxy groups -OCH3 is 1. The normalized spacial score (nSPS) is 20.9. The lowest BCUT2D eigenvalue weighted by atomic mass is 9.96. The van der Waals surface area contributed by atoms with E-state index in [9.17, 15) is 4.39 Å². The molecule has 1 fully saturated rings. The zero-order valence-electron chi connectivity index (χ0n) is 19.4. The second-order valence-electron chi connectivity index (χ2n) is 8.64. The highest BCUT2D eigenvalue weighted by Gasteiger charge is 2.24. The monoisotopic (exact) mass is 455 g/mol. The molecule has 4 N–H and O–H groups in total. The van der Waals surface area contributed by atoms with Crippen LogP contribution in [0.5, 0.6) is 5.75 Å². The second kappa shape index (κ2) is 11.3. The van der Waals surface area contributed by atoms with Crippen LogP contribution in [0.25, 0.3) is 0 Å². The number of rotatable bonds is 10. The van der Waals surface area contributed by atoms with Crippen molar-refractivity contribution in [2.24, 2.45) is 5.92 Å². The minimum Gasteiger partial charge on any atom is -0.494 e. The van der Waals surface area contributed by atoms with Gasteiger partial charge < -0.3 is 26.0 Å². The van der Waals surface area contributed by atoms with Crippen molar-refractivity contribution in [2.45, 2.75) is 57.5 Å². The zero-order valence-corrected chi connectivity index (χ0v) is 19.4. The Morgan fingerprint density at radius 3 is 2.70 bits per heavy atom.